The van der Waals surface area contributed by atoms with E-state index in [0.717, 1.165) is 12.8 Å². The Morgan fingerprint density at radius 1 is 1.44 bits per heavy atom. The van der Waals surface area contributed by atoms with Gasteiger partial charge in [0.15, 0.2) is 9.84 Å². The number of piperidine rings is 1. The molecule has 0 radical (unpaired) electrons. The third-order valence-electron chi connectivity index (χ3n) is 3.43. The van der Waals surface area contributed by atoms with Gasteiger partial charge in [0.05, 0.1) is 5.75 Å². The average molecular weight is 276 g/mol. The van der Waals surface area contributed by atoms with Crippen molar-refractivity contribution in [2.75, 3.05) is 24.6 Å². The van der Waals surface area contributed by atoms with Gasteiger partial charge in [-0.15, -0.1) is 0 Å². The summed E-state index contributed by atoms with van der Waals surface area (Å²) in [5.41, 5.74) is 5.67. The number of nitrogens with zero attached hydrogens (tertiary/aromatic N) is 1. The van der Waals surface area contributed by atoms with E-state index in [9.17, 15) is 13.2 Å². The predicted molar refractivity (Wildman–Crippen MR) is 71.9 cm³/mol. The molecule has 1 rings (SSSR count). The van der Waals surface area contributed by atoms with E-state index in [1.54, 1.807) is 11.8 Å². The molecule has 0 aromatic rings. The Hall–Kier alpha value is -0.620. The highest BCUT2D eigenvalue weighted by molar-refractivity contribution is 7.92. The molecule has 1 aliphatic heterocycles. The van der Waals surface area contributed by atoms with E-state index in [2.05, 4.69) is 6.92 Å². The zero-order chi connectivity index (χ0) is 13.8. The molecule has 0 spiro atoms. The molecule has 1 amide bonds. The van der Waals surface area contributed by atoms with Crippen molar-refractivity contribution in [3.05, 3.63) is 0 Å². The first-order valence-corrected chi connectivity index (χ1v) is 8.41. The number of carbonyl (C=O) groups excluding carboxylic acids is 1. The van der Waals surface area contributed by atoms with Gasteiger partial charge in [-0.2, -0.15) is 0 Å². The van der Waals surface area contributed by atoms with Gasteiger partial charge in [-0.25, -0.2) is 8.42 Å². The third kappa shape index (κ3) is 4.24. The van der Waals surface area contributed by atoms with Crippen LogP contribution in [-0.4, -0.2) is 49.9 Å². The Bertz CT molecular complexity index is 381. The van der Waals surface area contributed by atoms with Crippen molar-refractivity contribution in [2.24, 2.45) is 11.7 Å². The zero-order valence-corrected chi connectivity index (χ0v) is 12.1. The van der Waals surface area contributed by atoms with Crippen LogP contribution in [0.4, 0.5) is 0 Å². The summed E-state index contributed by atoms with van der Waals surface area (Å²) in [6.45, 7) is 4.97. The molecule has 18 heavy (non-hydrogen) atoms. The maximum absolute atomic E-state index is 12.1. The summed E-state index contributed by atoms with van der Waals surface area (Å²) in [4.78, 5) is 13.7. The second-order valence-electron chi connectivity index (χ2n) is 5.20. The molecule has 1 fully saturated rings. The van der Waals surface area contributed by atoms with E-state index in [0.29, 0.717) is 25.4 Å². The molecular weight excluding hydrogens is 252 g/mol. The fourth-order valence-electron chi connectivity index (χ4n) is 2.46. The fraction of sp³-hybridized carbons (Fsp3) is 0.917. The SMILES string of the molecule is CCCS(=O)(=O)CC(=O)N1CCC(C)CC1CN. The van der Waals surface area contributed by atoms with Crippen molar-refractivity contribution < 1.29 is 13.2 Å². The van der Waals surface area contributed by atoms with Gasteiger partial charge in [0.2, 0.25) is 5.91 Å². The summed E-state index contributed by atoms with van der Waals surface area (Å²) < 4.78 is 23.3. The maximum Gasteiger partial charge on any atom is 0.238 e. The standard InChI is InChI=1S/C12H24N2O3S/c1-3-6-18(16,17)9-12(15)14-5-4-10(2)7-11(14)8-13/h10-11H,3-9,13H2,1-2H3. The van der Waals surface area contributed by atoms with Gasteiger partial charge in [0.25, 0.3) is 0 Å². The molecule has 2 unspecified atom stereocenters. The van der Waals surface area contributed by atoms with Crippen LogP contribution in [0.15, 0.2) is 0 Å². The van der Waals surface area contributed by atoms with E-state index in [-0.39, 0.29) is 23.5 Å². The zero-order valence-electron chi connectivity index (χ0n) is 11.3. The van der Waals surface area contributed by atoms with Crippen molar-refractivity contribution in [1.82, 2.24) is 4.90 Å². The van der Waals surface area contributed by atoms with E-state index in [1.807, 2.05) is 0 Å². The lowest BCUT2D eigenvalue weighted by atomic mass is 9.92. The number of hydrogen-bond acceptors (Lipinski definition) is 4. The largest absolute Gasteiger partial charge is 0.338 e. The second-order valence-corrected chi connectivity index (χ2v) is 7.38. The third-order valence-corrected chi connectivity index (χ3v) is 5.15. The molecule has 5 nitrogen and oxygen atoms in total. The lowest BCUT2D eigenvalue weighted by Crippen LogP contribution is -2.51. The fourth-order valence-corrected chi connectivity index (χ4v) is 3.77. The molecular formula is C12H24N2O3S. The minimum atomic E-state index is -3.26. The van der Waals surface area contributed by atoms with Crippen LogP contribution in [0.3, 0.4) is 0 Å². The van der Waals surface area contributed by atoms with Crippen LogP contribution in [0, 0.1) is 5.92 Å². The Labute approximate surface area is 110 Å². The van der Waals surface area contributed by atoms with E-state index < -0.39 is 9.84 Å². The molecule has 0 saturated carbocycles. The van der Waals surface area contributed by atoms with Gasteiger partial charge < -0.3 is 10.6 Å². The van der Waals surface area contributed by atoms with Gasteiger partial charge in [-0.3, -0.25) is 4.79 Å². The number of likely N-dealkylation sites (tertiary alicyclic amines) is 1. The van der Waals surface area contributed by atoms with Crippen LogP contribution in [0.25, 0.3) is 0 Å². The summed E-state index contributed by atoms with van der Waals surface area (Å²) in [6, 6.07) is -0.00178. The molecule has 0 aromatic carbocycles. The van der Waals surface area contributed by atoms with Gasteiger partial charge in [0, 0.05) is 19.1 Å². The minimum absolute atomic E-state index is 0.00178. The Kier molecular flexibility index (Phi) is 5.59. The van der Waals surface area contributed by atoms with Crippen LogP contribution < -0.4 is 5.73 Å². The highest BCUT2D eigenvalue weighted by atomic mass is 32.2. The number of hydrogen-bond donors (Lipinski definition) is 1. The van der Waals surface area contributed by atoms with Crippen LogP contribution in [0.5, 0.6) is 0 Å². The first-order chi connectivity index (χ1) is 8.39. The van der Waals surface area contributed by atoms with E-state index in [4.69, 9.17) is 5.73 Å². The van der Waals surface area contributed by atoms with Crippen molar-refractivity contribution >= 4 is 15.7 Å². The molecule has 0 bridgehead atoms. The molecule has 0 aromatic heterocycles. The van der Waals surface area contributed by atoms with Crippen LogP contribution in [0.1, 0.15) is 33.1 Å². The first kappa shape index (κ1) is 15.4. The normalized spacial score (nSPS) is 25.2. The second kappa shape index (κ2) is 6.52. The highest BCUT2D eigenvalue weighted by Crippen LogP contribution is 2.22. The van der Waals surface area contributed by atoms with Crippen molar-refractivity contribution in [3.8, 4) is 0 Å². The number of sulfone groups is 1. The van der Waals surface area contributed by atoms with Gasteiger partial charge in [-0.05, 0) is 25.2 Å². The molecule has 0 aliphatic carbocycles. The maximum atomic E-state index is 12.1. The molecule has 1 aliphatic rings. The Morgan fingerprint density at radius 2 is 2.11 bits per heavy atom. The molecule has 106 valence electrons. The minimum Gasteiger partial charge on any atom is -0.338 e. The van der Waals surface area contributed by atoms with Crippen molar-refractivity contribution in [3.63, 3.8) is 0 Å². The topological polar surface area (TPSA) is 80.5 Å². The molecule has 2 N–H and O–H groups in total. The summed E-state index contributed by atoms with van der Waals surface area (Å²) in [6.07, 6.45) is 2.35. The van der Waals surface area contributed by atoms with E-state index in [1.165, 1.54) is 0 Å². The quantitative estimate of drug-likeness (QED) is 0.788. The lowest BCUT2D eigenvalue weighted by Gasteiger charge is -2.38. The smallest absolute Gasteiger partial charge is 0.238 e. The van der Waals surface area contributed by atoms with Crippen LogP contribution >= 0.6 is 0 Å². The summed E-state index contributed by atoms with van der Waals surface area (Å²) in [7, 11) is -3.26. The summed E-state index contributed by atoms with van der Waals surface area (Å²) in [5, 5.41) is 0. The first-order valence-electron chi connectivity index (χ1n) is 6.59. The van der Waals surface area contributed by atoms with Crippen molar-refractivity contribution in [2.45, 2.75) is 39.2 Å². The predicted octanol–water partition coefficient (Wildman–Crippen LogP) is 0.397. The number of nitrogens with two attached hydrogens (primary N) is 1. The van der Waals surface area contributed by atoms with Gasteiger partial charge >= 0.3 is 0 Å². The number of amides is 1. The van der Waals surface area contributed by atoms with Crippen molar-refractivity contribution in [1.29, 1.82) is 0 Å². The van der Waals surface area contributed by atoms with Gasteiger partial charge in [-0.1, -0.05) is 13.8 Å². The van der Waals surface area contributed by atoms with Gasteiger partial charge in [0.1, 0.15) is 5.75 Å². The van der Waals surface area contributed by atoms with Crippen LogP contribution in [-0.2, 0) is 14.6 Å². The Morgan fingerprint density at radius 3 is 2.67 bits per heavy atom. The highest BCUT2D eigenvalue weighted by Gasteiger charge is 2.30. The van der Waals surface area contributed by atoms with Crippen LogP contribution in [0.2, 0.25) is 0 Å². The monoisotopic (exact) mass is 276 g/mol. The number of rotatable bonds is 5. The summed E-state index contributed by atoms with van der Waals surface area (Å²) in [5.74, 6) is -0.0252. The number of carbonyl (C=O) groups is 1. The molecule has 1 saturated heterocycles. The van der Waals surface area contributed by atoms with E-state index >= 15 is 0 Å². The molecule has 1 heterocycles. The molecule has 6 heteroatoms. The summed E-state index contributed by atoms with van der Waals surface area (Å²) >= 11 is 0. The molecule has 2 atom stereocenters. The average Bonchev–Trinajstić information content (AvgIpc) is 2.27. The lowest BCUT2D eigenvalue weighted by molar-refractivity contribution is -0.132. The Balaban J connectivity index is 2.65.